The van der Waals surface area contributed by atoms with Crippen LogP contribution < -0.4 is 0 Å². The molecule has 2 saturated heterocycles. The molecule has 6 atom stereocenters. The van der Waals surface area contributed by atoms with Gasteiger partial charge in [0.2, 0.25) is 0 Å². The average molecular weight is 280 g/mol. The van der Waals surface area contributed by atoms with Crippen molar-refractivity contribution in [2.24, 2.45) is 17.8 Å². The molecule has 0 aromatic rings. The number of fused-ring (bicyclic) bond motifs is 1. The van der Waals surface area contributed by atoms with Gasteiger partial charge in [0.15, 0.2) is 0 Å². The molecule has 3 heteroatoms. The van der Waals surface area contributed by atoms with Crippen LogP contribution in [0.4, 0.5) is 0 Å². The van der Waals surface area contributed by atoms with E-state index in [1.165, 1.54) is 38.8 Å². The van der Waals surface area contributed by atoms with Gasteiger partial charge in [0.25, 0.3) is 0 Å². The summed E-state index contributed by atoms with van der Waals surface area (Å²) in [5.74, 6) is 2.52. The first-order valence-electron chi connectivity index (χ1n) is 8.65. The molecule has 1 aliphatic carbocycles. The third kappa shape index (κ3) is 3.05. The van der Waals surface area contributed by atoms with Crippen LogP contribution in [0.2, 0.25) is 0 Å². The fraction of sp³-hybridized carbons (Fsp3) is 1.00. The SMILES string of the molecule is CC1C[C@@H](O)CN([C@H]2CC[C@H]3CN(C)[C@H](C)C[C@H]3C2)C1. The topological polar surface area (TPSA) is 26.7 Å². The number of piperidine rings is 2. The Balaban J connectivity index is 1.60. The van der Waals surface area contributed by atoms with E-state index in [4.69, 9.17) is 0 Å². The van der Waals surface area contributed by atoms with Crippen LogP contribution in [0.15, 0.2) is 0 Å². The van der Waals surface area contributed by atoms with E-state index in [1.54, 1.807) is 0 Å². The molecule has 2 aliphatic heterocycles. The number of hydrogen-bond donors (Lipinski definition) is 1. The summed E-state index contributed by atoms with van der Waals surface area (Å²) in [6.45, 7) is 8.10. The van der Waals surface area contributed by atoms with Gasteiger partial charge in [-0.2, -0.15) is 0 Å². The quantitative estimate of drug-likeness (QED) is 0.798. The zero-order chi connectivity index (χ0) is 14.3. The summed E-state index contributed by atoms with van der Waals surface area (Å²) >= 11 is 0. The van der Waals surface area contributed by atoms with Crippen LogP contribution in [0.5, 0.6) is 0 Å². The maximum Gasteiger partial charge on any atom is 0.0670 e. The Labute approximate surface area is 124 Å². The minimum absolute atomic E-state index is 0.0899. The molecule has 0 radical (unpaired) electrons. The van der Waals surface area contributed by atoms with Crippen LogP contribution in [0.1, 0.15) is 46.0 Å². The lowest BCUT2D eigenvalue weighted by Crippen LogP contribution is -2.53. The van der Waals surface area contributed by atoms with E-state index in [2.05, 4.69) is 30.7 Å². The van der Waals surface area contributed by atoms with Crippen molar-refractivity contribution in [3.05, 3.63) is 0 Å². The number of aliphatic hydroxyl groups is 1. The molecule has 0 spiro atoms. The average Bonchev–Trinajstić information content (AvgIpc) is 2.38. The Hall–Kier alpha value is -0.120. The lowest BCUT2D eigenvalue weighted by Gasteiger charge is -2.49. The van der Waals surface area contributed by atoms with Crippen LogP contribution in [0, 0.1) is 17.8 Å². The van der Waals surface area contributed by atoms with Crippen LogP contribution in [0.25, 0.3) is 0 Å². The molecule has 3 fully saturated rings. The van der Waals surface area contributed by atoms with Crippen molar-refractivity contribution >= 4 is 0 Å². The van der Waals surface area contributed by atoms with Gasteiger partial charge in [0.05, 0.1) is 6.10 Å². The fourth-order valence-electron chi connectivity index (χ4n) is 4.99. The van der Waals surface area contributed by atoms with E-state index < -0.39 is 0 Å². The first-order chi connectivity index (χ1) is 9.52. The third-order valence-electron chi connectivity index (χ3n) is 6.21. The van der Waals surface area contributed by atoms with Gasteiger partial charge in [-0.15, -0.1) is 0 Å². The highest BCUT2D eigenvalue weighted by Gasteiger charge is 2.39. The molecule has 1 unspecified atom stereocenters. The number of rotatable bonds is 1. The molecule has 20 heavy (non-hydrogen) atoms. The van der Waals surface area contributed by atoms with Crippen molar-refractivity contribution in [1.29, 1.82) is 0 Å². The predicted octanol–water partition coefficient (Wildman–Crippen LogP) is 2.20. The molecule has 1 N–H and O–H groups in total. The highest BCUT2D eigenvalue weighted by Crippen LogP contribution is 2.40. The monoisotopic (exact) mass is 280 g/mol. The first-order valence-corrected chi connectivity index (χ1v) is 8.65. The van der Waals surface area contributed by atoms with Crippen LogP contribution in [-0.2, 0) is 0 Å². The molecule has 3 aliphatic rings. The number of β-amino-alcohol motifs (C(OH)–C–C–N with tert-alkyl or cyclic N) is 1. The largest absolute Gasteiger partial charge is 0.392 e. The second kappa shape index (κ2) is 5.94. The zero-order valence-electron chi connectivity index (χ0n) is 13.5. The van der Waals surface area contributed by atoms with Crippen molar-refractivity contribution in [3.63, 3.8) is 0 Å². The van der Waals surface area contributed by atoms with Crippen molar-refractivity contribution in [2.75, 3.05) is 26.7 Å². The second-order valence-corrected chi connectivity index (χ2v) is 7.96. The summed E-state index contributed by atoms with van der Waals surface area (Å²) in [6, 6.07) is 1.49. The molecule has 116 valence electrons. The molecule has 3 rings (SSSR count). The summed E-state index contributed by atoms with van der Waals surface area (Å²) < 4.78 is 0. The third-order valence-corrected chi connectivity index (χ3v) is 6.21. The lowest BCUT2D eigenvalue weighted by molar-refractivity contribution is -0.0190. The molecule has 0 aromatic heterocycles. The Kier molecular flexibility index (Phi) is 4.40. The molecular weight excluding hydrogens is 248 g/mol. The number of aliphatic hydroxyl groups excluding tert-OH is 1. The lowest BCUT2D eigenvalue weighted by atomic mass is 9.71. The summed E-state index contributed by atoms with van der Waals surface area (Å²) in [5.41, 5.74) is 0. The highest BCUT2D eigenvalue weighted by molar-refractivity contribution is 4.93. The van der Waals surface area contributed by atoms with Gasteiger partial charge in [-0.3, -0.25) is 4.90 Å². The second-order valence-electron chi connectivity index (χ2n) is 7.96. The molecule has 3 nitrogen and oxygen atoms in total. The van der Waals surface area contributed by atoms with Gasteiger partial charge in [-0.25, -0.2) is 0 Å². The minimum atomic E-state index is -0.0899. The van der Waals surface area contributed by atoms with Crippen molar-refractivity contribution in [3.8, 4) is 0 Å². The van der Waals surface area contributed by atoms with E-state index >= 15 is 0 Å². The van der Waals surface area contributed by atoms with Gasteiger partial charge >= 0.3 is 0 Å². The first kappa shape index (κ1) is 14.8. The Morgan fingerprint density at radius 3 is 2.45 bits per heavy atom. The maximum absolute atomic E-state index is 10.0. The predicted molar refractivity (Wildman–Crippen MR) is 82.7 cm³/mol. The van der Waals surface area contributed by atoms with Crippen molar-refractivity contribution < 1.29 is 5.11 Å². The number of nitrogens with zero attached hydrogens (tertiary/aromatic N) is 2. The van der Waals surface area contributed by atoms with Crippen LogP contribution >= 0.6 is 0 Å². The summed E-state index contributed by atoms with van der Waals surface area (Å²) in [4.78, 5) is 5.16. The normalized spacial score (nSPS) is 48.0. The van der Waals surface area contributed by atoms with E-state index in [-0.39, 0.29) is 6.10 Å². The molecule has 0 bridgehead atoms. The standard InChI is InChI=1S/C17H32N2O/c1-12-6-17(20)11-19(9-12)16-5-4-14-10-18(3)13(2)7-15(14)8-16/h12-17,20H,4-11H2,1-3H3/t12?,13-,14+,15+,16+,17-/m1/s1. The van der Waals surface area contributed by atoms with Gasteiger partial charge in [0.1, 0.15) is 0 Å². The maximum atomic E-state index is 10.0. The molecule has 1 saturated carbocycles. The molecule has 0 aromatic carbocycles. The van der Waals surface area contributed by atoms with Gasteiger partial charge in [0, 0.05) is 31.7 Å². The molecule has 0 amide bonds. The van der Waals surface area contributed by atoms with Gasteiger partial charge < -0.3 is 10.0 Å². The summed E-state index contributed by atoms with van der Waals surface area (Å²) in [6.07, 6.45) is 6.41. The van der Waals surface area contributed by atoms with Crippen molar-refractivity contribution in [2.45, 2.75) is 64.1 Å². The van der Waals surface area contributed by atoms with Crippen molar-refractivity contribution in [1.82, 2.24) is 9.80 Å². The summed E-state index contributed by atoms with van der Waals surface area (Å²) in [7, 11) is 2.29. The smallest absolute Gasteiger partial charge is 0.0670 e. The number of hydrogen-bond acceptors (Lipinski definition) is 3. The minimum Gasteiger partial charge on any atom is -0.392 e. The Bertz CT molecular complexity index is 325. The van der Waals surface area contributed by atoms with Gasteiger partial charge in [-0.05, 0) is 63.8 Å². The van der Waals surface area contributed by atoms with E-state index in [1.807, 2.05) is 0 Å². The molecule has 2 heterocycles. The zero-order valence-corrected chi connectivity index (χ0v) is 13.5. The summed E-state index contributed by atoms with van der Waals surface area (Å²) in [5, 5.41) is 10.0. The van der Waals surface area contributed by atoms with Crippen LogP contribution in [-0.4, -0.2) is 59.8 Å². The highest BCUT2D eigenvalue weighted by atomic mass is 16.3. The molecular formula is C17H32N2O. The number of likely N-dealkylation sites (tertiary alicyclic amines) is 2. The van der Waals surface area contributed by atoms with E-state index in [0.717, 1.165) is 36.9 Å². The Morgan fingerprint density at radius 2 is 1.70 bits per heavy atom. The Morgan fingerprint density at radius 1 is 0.900 bits per heavy atom. The fourth-order valence-corrected chi connectivity index (χ4v) is 4.99. The van der Waals surface area contributed by atoms with Crippen LogP contribution in [0.3, 0.4) is 0 Å². The van der Waals surface area contributed by atoms with E-state index in [0.29, 0.717) is 5.92 Å². The van der Waals surface area contributed by atoms with E-state index in [9.17, 15) is 5.11 Å². The van der Waals surface area contributed by atoms with Gasteiger partial charge in [-0.1, -0.05) is 6.92 Å².